The van der Waals surface area contributed by atoms with Gasteiger partial charge in [-0.05, 0) is 36.8 Å². The van der Waals surface area contributed by atoms with Gasteiger partial charge in [0.2, 0.25) is 0 Å². The maximum Gasteiger partial charge on any atom is 0.339 e. The molecule has 3 rings (SSSR count). The van der Waals surface area contributed by atoms with Crippen molar-refractivity contribution in [3.05, 3.63) is 76.9 Å². The summed E-state index contributed by atoms with van der Waals surface area (Å²) in [5, 5.41) is 12.0. The molecule has 0 heterocycles. The Hall–Kier alpha value is -4.14. The van der Waals surface area contributed by atoms with Gasteiger partial charge in [-0.1, -0.05) is 18.2 Å². The summed E-state index contributed by atoms with van der Waals surface area (Å²) in [6.07, 6.45) is 0. The van der Waals surface area contributed by atoms with E-state index in [2.05, 4.69) is 5.32 Å². The summed E-state index contributed by atoms with van der Waals surface area (Å²) in [7, 11) is 1.36. The molecule has 0 aromatic heterocycles. The molecule has 3 aromatic carbocycles. The van der Waals surface area contributed by atoms with Crippen LogP contribution >= 0.6 is 0 Å². The SMILES string of the molecule is COc1c(C)cc(C(=O)NCCOc2ccccc2-c2cc(N)c(F)cc2F)cc1C(=O)O. The van der Waals surface area contributed by atoms with Crippen LogP contribution in [0.4, 0.5) is 14.5 Å². The summed E-state index contributed by atoms with van der Waals surface area (Å²) in [5.41, 5.74) is 6.40. The fourth-order valence-electron chi connectivity index (χ4n) is 3.35. The fraction of sp³-hybridized carbons (Fsp3) is 0.167. The first kappa shape index (κ1) is 23.5. The van der Waals surface area contributed by atoms with Gasteiger partial charge in [-0.3, -0.25) is 4.79 Å². The van der Waals surface area contributed by atoms with Gasteiger partial charge in [0.25, 0.3) is 5.91 Å². The summed E-state index contributed by atoms with van der Waals surface area (Å²) in [5.74, 6) is -2.82. The number of nitrogens with one attached hydrogen (secondary N) is 1. The number of amides is 1. The second-order valence-electron chi connectivity index (χ2n) is 7.13. The zero-order valence-corrected chi connectivity index (χ0v) is 17.9. The monoisotopic (exact) mass is 456 g/mol. The third-order valence-corrected chi connectivity index (χ3v) is 4.88. The van der Waals surface area contributed by atoms with Crippen LogP contribution in [-0.2, 0) is 0 Å². The van der Waals surface area contributed by atoms with Gasteiger partial charge < -0.3 is 25.6 Å². The van der Waals surface area contributed by atoms with Gasteiger partial charge in [-0.15, -0.1) is 0 Å². The molecule has 3 aromatic rings. The van der Waals surface area contributed by atoms with Crippen molar-refractivity contribution in [2.75, 3.05) is 26.0 Å². The molecule has 0 fully saturated rings. The number of carbonyl (C=O) groups excluding carboxylic acids is 1. The second kappa shape index (κ2) is 9.99. The Morgan fingerprint density at radius 3 is 2.48 bits per heavy atom. The van der Waals surface area contributed by atoms with Crippen LogP contribution in [0.3, 0.4) is 0 Å². The first-order valence-electron chi connectivity index (χ1n) is 9.89. The molecule has 33 heavy (non-hydrogen) atoms. The zero-order valence-electron chi connectivity index (χ0n) is 17.9. The molecule has 9 heteroatoms. The number of benzene rings is 3. The van der Waals surface area contributed by atoms with E-state index in [9.17, 15) is 23.5 Å². The lowest BCUT2D eigenvalue weighted by Crippen LogP contribution is -2.28. The largest absolute Gasteiger partial charge is 0.496 e. The number of nitrogen functional groups attached to an aromatic ring is 1. The Morgan fingerprint density at radius 2 is 1.79 bits per heavy atom. The van der Waals surface area contributed by atoms with Crippen LogP contribution in [0.15, 0.2) is 48.5 Å². The molecular formula is C24H22F2N2O5. The van der Waals surface area contributed by atoms with Crippen LogP contribution in [0.1, 0.15) is 26.3 Å². The predicted octanol–water partition coefficient (Wildman–Crippen LogP) is 4.04. The van der Waals surface area contributed by atoms with Gasteiger partial charge in [0.15, 0.2) is 0 Å². The lowest BCUT2D eigenvalue weighted by atomic mass is 10.0. The zero-order chi connectivity index (χ0) is 24.1. The summed E-state index contributed by atoms with van der Waals surface area (Å²) in [6.45, 7) is 1.78. The van der Waals surface area contributed by atoms with E-state index in [1.807, 2.05) is 0 Å². The van der Waals surface area contributed by atoms with Gasteiger partial charge in [-0.2, -0.15) is 0 Å². The van der Waals surface area contributed by atoms with E-state index in [-0.39, 0.29) is 41.3 Å². The van der Waals surface area contributed by atoms with Crippen molar-refractivity contribution >= 4 is 17.6 Å². The normalized spacial score (nSPS) is 10.5. The van der Waals surface area contributed by atoms with Crippen molar-refractivity contribution in [1.29, 1.82) is 0 Å². The lowest BCUT2D eigenvalue weighted by Gasteiger charge is -2.14. The highest BCUT2D eigenvalue weighted by Gasteiger charge is 2.18. The highest BCUT2D eigenvalue weighted by atomic mass is 19.1. The van der Waals surface area contributed by atoms with Crippen molar-refractivity contribution < 1.29 is 33.0 Å². The van der Waals surface area contributed by atoms with Crippen LogP contribution in [0.25, 0.3) is 11.1 Å². The number of ether oxygens (including phenoxy) is 2. The molecule has 0 aliphatic heterocycles. The smallest absolute Gasteiger partial charge is 0.339 e. The molecule has 0 saturated heterocycles. The highest BCUT2D eigenvalue weighted by molar-refractivity contribution is 5.99. The van der Waals surface area contributed by atoms with Crippen LogP contribution < -0.4 is 20.5 Å². The van der Waals surface area contributed by atoms with Gasteiger partial charge in [0.1, 0.15) is 35.3 Å². The van der Waals surface area contributed by atoms with E-state index in [1.165, 1.54) is 25.3 Å². The maximum absolute atomic E-state index is 14.3. The van der Waals surface area contributed by atoms with E-state index in [1.54, 1.807) is 31.2 Å². The van der Waals surface area contributed by atoms with Crippen molar-refractivity contribution in [3.63, 3.8) is 0 Å². The number of hydrogen-bond acceptors (Lipinski definition) is 5. The van der Waals surface area contributed by atoms with Crippen molar-refractivity contribution in [2.24, 2.45) is 0 Å². The molecule has 0 radical (unpaired) electrons. The van der Waals surface area contributed by atoms with Gasteiger partial charge in [0, 0.05) is 22.8 Å². The third kappa shape index (κ3) is 5.20. The minimum Gasteiger partial charge on any atom is -0.496 e. The van der Waals surface area contributed by atoms with Crippen LogP contribution in [0.5, 0.6) is 11.5 Å². The Kier molecular flexibility index (Phi) is 7.12. The molecule has 172 valence electrons. The fourth-order valence-corrected chi connectivity index (χ4v) is 3.35. The number of carboxylic acids is 1. The molecule has 0 aliphatic rings. The molecule has 7 nitrogen and oxygen atoms in total. The molecular weight excluding hydrogens is 434 g/mol. The lowest BCUT2D eigenvalue weighted by molar-refractivity contribution is 0.0693. The average molecular weight is 456 g/mol. The number of carboxylic acid groups (broad SMARTS) is 1. The van der Waals surface area contributed by atoms with Crippen molar-refractivity contribution in [2.45, 2.75) is 6.92 Å². The number of rotatable bonds is 8. The Labute approximate surface area is 188 Å². The molecule has 0 atom stereocenters. The molecule has 1 amide bonds. The van der Waals surface area contributed by atoms with E-state index >= 15 is 0 Å². The van der Waals surface area contributed by atoms with E-state index < -0.39 is 23.5 Å². The Balaban J connectivity index is 1.69. The highest BCUT2D eigenvalue weighted by Crippen LogP contribution is 2.33. The van der Waals surface area contributed by atoms with E-state index in [4.69, 9.17) is 15.2 Å². The number of methoxy groups -OCH3 is 1. The second-order valence-corrected chi connectivity index (χ2v) is 7.13. The average Bonchev–Trinajstić information content (AvgIpc) is 2.78. The van der Waals surface area contributed by atoms with E-state index in [0.29, 0.717) is 22.9 Å². The maximum atomic E-state index is 14.3. The van der Waals surface area contributed by atoms with Gasteiger partial charge >= 0.3 is 5.97 Å². The number of carbonyl (C=O) groups is 2. The molecule has 0 saturated carbocycles. The number of aromatic carboxylic acids is 1. The number of hydrogen-bond donors (Lipinski definition) is 3. The van der Waals surface area contributed by atoms with Crippen molar-refractivity contribution in [1.82, 2.24) is 5.32 Å². The minimum absolute atomic E-state index is 0.0436. The number of anilines is 1. The summed E-state index contributed by atoms with van der Waals surface area (Å²) < 4.78 is 38.6. The van der Waals surface area contributed by atoms with Gasteiger partial charge in [0.05, 0.1) is 19.3 Å². The Bertz CT molecular complexity index is 1210. The summed E-state index contributed by atoms with van der Waals surface area (Å²) in [4.78, 5) is 23.9. The minimum atomic E-state index is -1.21. The number of halogens is 2. The molecule has 4 N–H and O–H groups in total. The predicted molar refractivity (Wildman–Crippen MR) is 119 cm³/mol. The first-order chi connectivity index (χ1) is 15.7. The topological polar surface area (TPSA) is 111 Å². The van der Waals surface area contributed by atoms with Crippen LogP contribution in [0.2, 0.25) is 0 Å². The quantitative estimate of drug-likeness (QED) is 0.349. The van der Waals surface area contributed by atoms with Gasteiger partial charge in [-0.25, -0.2) is 13.6 Å². The third-order valence-electron chi connectivity index (χ3n) is 4.88. The Morgan fingerprint density at radius 1 is 1.06 bits per heavy atom. The standard InChI is InChI=1S/C24H22F2N2O5/c1-13-9-14(10-17(24(30)31)22(13)32-2)23(29)28-7-8-33-21-6-4-3-5-15(21)16-11-20(27)19(26)12-18(16)25/h3-6,9-12H,7-8,27H2,1-2H3,(H,28,29)(H,30,31). The number of para-hydroxylation sites is 1. The van der Waals surface area contributed by atoms with Crippen LogP contribution in [0, 0.1) is 18.6 Å². The van der Waals surface area contributed by atoms with E-state index in [0.717, 1.165) is 0 Å². The molecule has 0 aliphatic carbocycles. The number of nitrogens with two attached hydrogens (primary N) is 1. The first-order valence-corrected chi connectivity index (χ1v) is 9.89. The number of aryl methyl sites for hydroxylation is 1. The summed E-state index contributed by atoms with van der Waals surface area (Å²) >= 11 is 0. The molecule has 0 bridgehead atoms. The molecule has 0 spiro atoms. The van der Waals surface area contributed by atoms with Crippen LogP contribution in [-0.4, -0.2) is 37.2 Å². The summed E-state index contributed by atoms with van der Waals surface area (Å²) in [6, 6.07) is 11.3. The van der Waals surface area contributed by atoms with Crippen molar-refractivity contribution in [3.8, 4) is 22.6 Å². The molecule has 0 unspecified atom stereocenters.